The molecule has 5 N–H and O–H groups in total. The van der Waals surface area contributed by atoms with Crippen molar-refractivity contribution in [1.82, 2.24) is 15.0 Å². The van der Waals surface area contributed by atoms with E-state index in [2.05, 4.69) is 37.2 Å². The number of pyridine rings is 1. The van der Waals surface area contributed by atoms with Gasteiger partial charge in [0.2, 0.25) is 5.91 Å². The molecule has 0 aliphatic rings. The number of hydrogen-bond acceptors (Lipinski definition) is 9. The molecule has 4 aromatic rings. The summed E-state index contributed by atoms with van der Waals surface area (Å²) in [5, 5.41) is 17.7. The molecule has 0 radical (unpaired) electrons. The van der Waals surface area contributed by atoms with Gasteiger partial charge < -0.3 is 30.9 Å². The van der Waals surface area contributed by atoms with Crippen molar-refractivity contribution in [1.29, 1.82) is 0 Å². The molecular weight excluding hydrogens is 498 g/mol. The van der Waals surface area contributed by atoms with Crippen LogP contribution in [0.15, 0.2) is 66.6 Å². The number of nitrogens with one attached hydrogen (secondary N) is 2. The van der Waals surface area contributed by atoms with Gasteiger partial charge >= 0.3 is 0 Å². The fraction of sp³-hybridized carbons (Fsp3) is 0.179. The molecule has 39 heavy (non-hydrogen) atoms. The minimum Gasteiger partial charge on any atom is -0.494 e. The Hall–Kier alpha value is -5.03. The summed E-state index contributed by atoms with van der Waals surface area (Å²) in [5.41, 5.74) is 7.14. The van der Waals surface area contributed by atoms with Crippen LogP contribution in [-0.2, 0) is 10.4 Å². The maximum absolute atomic E-state index is 12.0. The Morgan fingerprint density at radius 1 is 1.13 bits per heavy atom. The minimum atomic E-state index is -1.24. The van der Waals surface area contributed by atoms with Gasteiger partial charge in [0.25, 0.3) is 0 Å². The predicted octanol–water partition coefficient (Wildman–Crippen LogP) is 4.85. The Kier molecular flexibility index (Phi) is 7.73. The van der Waals surface area contributed by atoms with Gasteiger partial charge in [-0.3, -0.25) is 4.79 Å². The largest absolute Gasteiger partial charge is 0.494 e. The van der Waals surface area contributed by atoms with Gasteiger partial charge in [-0.05, 0) is 56.7 Å². The fourth-order valence-electron chi connectivity index (χ4n) is 3.91. The molecule has 11 heteroatoms. The van der Waals surface area contributed by atoms with Crippen LogP contribution in [0, 0.1) is 6.92 Å². The fourth-order valence-corrected chi connectivity index (χ4v) is 3.91. The first-order valence-corrected chi connectivity index (χ1v) is 11.9. The van der Waals surface area contributed by atoms with Gasteiger partial charge in [-0.15, -0.1) is 0 Å². The van der Waals surface area contributed by atoms with E-state index in [0.717, 1.165) is 11.9 Å². The summed E-state index contributed by atoms with van der Waals surface area (Å²) in [6.45, 7) is 8.75. The maximum atomic E-state index is 12.0. The van der Waals surface area contributed by atoms with E-state index in [9.17, 15) is 9.90 Å². The van der Waals surface area contributed by atoms with Crippen LogP contribution >= 0.6 is 0 Å². The van der Waals surface area contributed by atoms with E-state index in [1.165, 1.54) is 19.5 Å². The summed E-state index contributed by atoms with van der Waals surface area (Å²) < 4.78 is 11.5. The number of rotatable bonds is 9. The van der Waals surface area contributed by atoms with Crippen LogP contribution in [0.1, 0.15) is 25.0 Å². The SMILES string of the molecule is C=CC(=O)Nc1cc2c(Nc3cc(C)c(Oc4ccnc(N=CN)c4)cc3C(C)(C)O)ncnc2cc1OC. The van der Waals surface area contributed by atoms with Crippen molar-refractivity contribution in [2.45, 2.75) is 26.4 Å². The zero-order chi connectivity index (χ0) is 28.2. The second-order valence-corrected chi connectivity index (χ2v) is 9.06. The van der Waals surface area contributed by atoms with E-state index in [4.69, 9.17) is 15.2 Å². The highest BCUT2D eigenvalue weighted by atomic mass is 16.5. The zero-order valence-electron chi connectivity index (χ0n) is 22.0. The molecule has 0 saturated carbocycles. The van der Waals surface area contributed by atoms with Crippen LogP contribution < -0.4 is 25.8 Å². The number of aromatic nitrogens is 3. The lowest BCUT2D eigenvalue weighted by Crippen LogP contribution is -2.18. The Morgan fingerprint density at radius 3 is 2.62 bits per heavy atom. The summed E-state index contributed by atoms with van der Waals surface area (Å²) >= 11 is 0. The van der Waals surface area contributed by atoms with Crippen molar-refractivity contribution < 1.29 is 19.4 Å². The molecule has 0 spiro atoms. The highest BCUT2D eigenvalue weighted by Gasteiger charge is 2.24. The number of carbonyl (C=O) groups is 1. The van der Waals surface area contributed by atoms with Crippen LogP contribution in [0.25, 0.3) is 10.9 Å². The molecule has 0 atom stereocenters. The molecule has 0 saturated heterocycles. The maximum Gasteiger partial charge on any atom is 0.247 e. The number of anilines is 3. The van der Waals surface area contributed by atoms with E-state index in [1.54, 1.807) is 50.4 Å². The number of hydrogen-bond donors (Lipinski definition) is 4. The molecule has 0 aliphatic carbocycles. The van der Waals surface area contributed by atoms with E-state index in [1.807, 2.05) is 13.0 Å². The summed E-state index contributed by atoms with van der Waals surface area (Å²) in [6, 6.07) is 10.4. The van der Waals surface area contributed by atoms with Gasteiger partial charge in [-0.25, -0.2) is 19.9 Å². The number of fused-ring (bicyclic) bond motifs is 1. The molecule has 0 fully saturated rings. The first kappa shape index (κ1) is 27.0. The van der Waals surface area contributed by atoms with Gasteiger partial charge in [-0.2, -0.15) is 0 Å². The normalized spacial score (nSPS) is 11.4. The third kappa shape index (κ3) is 6.11. The minimum absolute atomic E-state index is 0.384. The highest BCUT2D eigenvalue weighted by Crippen LogP contribution is 2.39. The smallest absolute Gasteiger partial charge is 0.247 e. The lowest BCUT2D eigenvalue weighted by atomic mass is 9.94. The number of aliphatic imine (C=N–C) groups is 1. The van der Waals surface area contributed by atoms with Gasteiger partial charge in [0.05, 0.1) is 30.3 Å². The molecule has 4 rings (SSSR count). The van der Waals surface area contributed by atoms with Crippen LogP contribution in [0.2, 0.25) is 0 Å². The third-order valence-electron chi connectivity index (χ3n) is 5.78. The summed E-state index contributed by atoms with van der Waals surface area (Å²) in [5.74, 6) is 1.98. The van der Waals surface area contributed by atoms with Crippen LogP contribution in [0.4, 0.5) is 23.0 Å². The number of ether oxygens (including phenoxy) is 2. The summed E-state index contributed by atoms with van der Waals surface area (Å²) in [7, 11) is 1.51. The lowest BCUT2D eigenvalue weighted by molar-refractivity contribution is -0.111. The number of benzene rings is 2. The van der Waals surface area contributed by atoms with Gasteiger partial charge in [-0.1, -0.05) is 6.58 Å². The van der Waals surface area contributed by atoms with Gasteiger partial charge in [0.15, 0.2) is 5.82 Å². The highest BCUT2D eigenvalue weighted by molar-refractivity contribution is 6.03. The second kappa shape index (κ2) is 11.2. The standard InChI is InChI=1S/C28H29N7O4/c1-6-26(36)34-22-11-18-20(13-24(22)38-5)32-15-33-27(18)35-21-9-16(2)23(12-19(21)28(3,4)37)39-17-7-8-30-25(10-17)31-14-29/h6-15,37H,1H2,2-5H3,(H,34,36)(H2,29,30,31)(H,32,33,35). The number of carbonyl (C=O) groups excluding carboxylic acids is 1. The monoisotopic (exact) mass is 527 g/mol. The number of amides is 1. The molecule has 2 heterocycles. The zero-order valence-corrected chi connectivity index (χ0v) is 22.0. The van der Waals surface area contributed by atoms with Crippen LogP contribution in [-0.4, -0.2) is 39.4 Å². The lowest BCUT2D eigenvalue weighted by Gasteiger charge is -2.24. The Labute approximate surface area is 225 Å². The van der Waals surface area contributed by atoms with E-state index >= 15 is 0 Å². The molecule has 200 valence electrons. The van der Waals surface area contributed by atoms with Crippen molar-refractivity contribution >= 4 is 46.2 Å². The molecule has 11 nitrogen and oxygen atoms in total. The van der Waals surface area contributed by atoms with Crippen molar-refractivity contribution in [2.24, 2.45) is 10.7 Å². The first-order chi connectivity index (χ1) is 18.6. The first-order valence-electron chi connectivity index (χ1n) is 11.9. The number of aliphatic hydroxyl groups is 1. The molecule has 0 unspecified atom stereocenters. The number of nitrogens with two attached hydrogens (primary N) is 1. The van der Waals surface area contributed by atoms with Gasteiger partial charge in [0.1, 0.15) is 29.4 Å². The average Bonchev–Trinajstić information content (AvgIpc) is 2.89. The van der Waals surface area contributed by atoms with Crippen molar-refractivity contribution in [3.05, 3.63) is 72.7 Å². The van der Waals surface area contributed by atoms with Gasteiger partial charge in [0, 0.05) is 35.0 Å². The quantitative estimate of drug-likeness (QED) is 0.136. The molecule has 1 amide bonds. The number of aryl methyl sites for hydroxylation is 1. The second-order valence-electron chi connectivity index (χ2n) is 9.06. The molecule has 2 aromatic heterocycles. The Balaban J connectivity index is 1.77. The van der Waals surface area contributed by atoms with Crippen molar-refractivity contribution in [3.8, 4) is 17.2 Å². The predicted molar refractivity (Wildman–Crippen MR) is 151 cm³/mol. The van der Waals surface area contributed by atoms with E-state index in [0.29, 0.717) is 56.7 Å². The molecule has 0 aliphatic heterocycles. The molecular formula is C28H29N7O4. The van der Waals surface area contributed by atoms with E-state index in [-0.39, 0.29) is 5.91 Å². The third-order valence-corrected chi connectivity index (χ3v) is 5.78. The van der Waals surface area contributed by atoms with Crippen LogP contribution in [0.5, 0.6) is 17.2 Å². The number of methoxy groups -OCH3 is 1. The molecule has 2 aromatic carbocycles. The Bertz CT molecular complexity index is 1580. The van der Waals surface area contributed by atoms with E-state index < -0.39 is 5.60 Å². The summed E-state index contributed by atoms with van der Waals surface area (Å²) in [6.07, 6.45) is 5.32. The topological polar surface area (TPSA) is 157 Å². The van der Waals surface area contributed by atoms with Crippen LogP contribution in [0.3, 0.4) is 0 Å². The average molecular weight is 528 g/mol. The number of nitrogens with zero attached hydrogens (tertiary/aromatic N) is 4. The molecule has 0 bridgehead atoms. The van der Waals surface area contributed by atoms with Crippen molar-refractivity contribution in [2.75, 3.05) is 17.7 Å². The van der Waals surface area contributed by atoms with Crippen molar-refractivity contribution in [3.63, 3.8) is 0 Å². The summed E-state index contributed by atoms with van der Waals surface area (Å²) in [4.78, 5) is 28.8. The Morgan fingerprint density at radius 2 is 1.92 bits per heavy atom.